The van der Waals surface area contributed by atoms with E-state index in [1.54, 1.807) is 16.9 Å². The third-order valence-electron chi connectivity index (χ3n) is 2.93. The predicted octanol–water partition coefficient (Wildman–Crippen LogP) is 0.643. The molecule has 1 fully saturated rings. The predicted molar refractivity (Wildman–Crippen MR) is 58.1 cm³/mol. The highest BCUT2D eigenvalue weighted by atomic mass is 16.3. The molecule has 0 N–H and O–H groups in total. The SMILES string of the molecule is O=C(c1ccoc1)N1CC(Cn2ccnn2)C1. The topological polar surface area (TPSA) is 64.2 Å². The van der Waals surface area contributed by atoms with Crippen LogP contribution in [0.5, 0.6) is 0 Å². The maximum Gasteiger partial charge on any atom is 0.257 e. The molecule has 1 saturated heterocycles. The van der Waals surface area contributed by atoms with Crippen LogP contribution in [0, 0.1) is 5.92 Å². The average molecular weight is 232 g/mol. The summed E-state index contributed by atoms with van der Waals surface area (Å²) in [4.78, 5) is 13.7. The first-order valence-electron chi connectivity index (χ1n) is 5.48. The van der Waals surface area contributed by atoms with Crippen molar-refractivity contribution < 1.29 is 9.21 Å². The summed E-state index contributed by atoms with van der Waals surface area (Å²) in [5.41, 5.74) is 0.615. The highest BCUT2D eigenvalue weighted by Gasteiger charge is 2.31. The van der Waals surface area contributed by atoms with Crippen LogP contribution in [0.1, 0.15) is 10.4 Å². The van der Waals surface area contributed by atoms with Gasteiger partial charge in [0.05, 0.1) is 18.0 Å². The first-order chi connectivity index (χ1) is 8.33. The lowest BCUT2D eigenvalue weighted by Crippen LogP contribution is -2.51. The Morgan fingerprint density at radius 3 is 3.06 bits per heavy atom. The molecule has 0 unspecified atom stereocenters. The van der Waals surface area contributed by atoms with E-state index in [2.05, 4.69) is 10.3 Å². The molecule has 0 aromatic carbocycles. The van der Waals surface area contributed by atoms with E-state index in [0.717, 1.165) is 19.6 Å². The minimum absolute atomic E-state index is 0.0357. The summed E-state index contributed by atoms with van der Waals surface area (Å²) in [5, 5.41) is 7.65. The van der Waals surface area contributed by atoms with Crippen molar-refractivity contribution in [3.8, 4) is 0 Å². The Balaban J connectivity index is 1.53. The number of rotatable bonds is 3. The number of carbonyl (C=O) groups excluding carboxylic acids is 1. The highest BCUT2D eigenvalue weighted by Crippen LogP contribution is 2.20. The van der Waals surface area contributed by atoms with Gasteiger partial charge in [0.1, 0.15) is 6.26 Å². The zero-order chi connectivity index (χ0) is 11.7. The van der Waals surface area contributed by atoms with E-state index >= 15 is 0 Å². The molecule has 3 rings (SSSR count). The van der Waals surface area contributed by atoms with Crippen LogP contribution in [0.4, 0.5) is 0 Å². The van der Waals surface area contributed by atoms with Crippen LogP contribution >= 0.6 is 0 Å². The van der Waals surface area contributed by atoms with Gasteiger partial charge in [0.15, 0.2) is 0 Å². The van der Waals surface area contributed by atoms with Crippen molar-refractivity contribution in [2.45, 2.75) is 6.54 Å². The summed E-state index contributed by atoms with van der Waals surface area (Å²) < 4.78 is 6.69. The number of nitrogens with zero attached hydrogens (tertiary/aromatic N) is 4. The van der Waals surface area contributed by atoms with E-state index in [4.69, 9.17) is 4.42 Å². The molecule has 88 valence electrons. The van der Waals surface area contributed by atoms with Crippen molar-refractivity contribution in [1.29, 1.82) is 0 Å². The van der Waals surface area contributed by atoms with E-state index in [1.807, 2.05) is 11.1 Å². The van der Waals surface area contributed by atoms with Gasteiger partial charge in [-0.3, -0.25) is 9.48 Å². The number of aromatic nitrogens is 3. The van der Waals surface area contributed by atoms with E-state index in [0.29, 0.717) is 11.5 Å². The molecule has 0 radical (unpaired) electrons. The van der Waals surface area contributed by atoms with E-state index < -0.39 is 0 Å². The maximum atomic E-state index is 11.9. The summed E-state index contributed by atoms with van der Waals surface area (Å²) in [6, 6.07) is 1.69. The summed E-state index contributed by atoms with van der Waals surface area (Å²) in [7, 11) is 0. The Kier molecular flexibility index (Phi) is 2.40. The Bertz CT molecular complexity index is 486. The fourth-order valence-electron chi connectivity index (χ4n) is 2.01. The molecule has 0 saturated carbocycles. The second kappa shape index (κ2) is 4.04. The lowest BCUT2D eigenvalue weighted by molar-refractivity contribution is 0.0459. The van der Waals surface area contributed by atoms with Gasteiger partial charge in [0.2, 0.25) is 0 Å². The van der Waals surface area contributed by atoms with Gasteiger partial charge in [0.25, 0.3) is 5.91 Å². The number of amides is 1. The number of furan rings is 1. The normalized spacial score (nSPS) is 15.9. The number of hydrogen-bond acceptors (Lipinski definition) is 4. The largest absolute Gasteiger partial charge is 0.472 e. The van der Waals surface area contributed by atoms with Crippen LogP contribution in [0.25, 0.3) is 0 Å². The Hall–Kier alpha value is -2.11. The molecule has 6 nitrogen and oxygen atoms in total. The third-order valence-corrected chi connectivity index (χ3v) is 2.93. The number of hydrogen-bond donors (Lipinski definition) is 0. The molecule has 1 amide bonds. The van der Waals surface area contributed by atoms with Gasteiger partial charge in [-0.15, -0.1) is 5.10 Å². The lowest BCUT2D eigenvalue weighted by atomic mass is 9.99. The zero-order valence-corrected chi connectivity index (χ0v) is 9.19. The van der Waals surface area contributed by atoms with Crippen LogP contribution in [0.3, 0.4) is 0 Å². The highest BCUT2D eigenvalue weighted by molar-refractivity contribution is 5.94. The molecule has 1 aliphatic rings. The number of likely N-dealkylation sites (tertiary alicyclic amines) is 1. The zero-order valence-electron chi connectivity index (χ0n) is 9.19. The number of carbonyl (C=O) groups is 1. The third kappa shape index (κ3) is 1.93. The van der Waals surface area contributed by atoms with Gasteiger partial charge < -0.3 is 9.32 Å². The molecule has 3 heterocycles. The van der Waals surface area contributed by atoms with Crippen molar-refractivity contribution in [1.82, 2.24) is 19.9 Å². The average Bonchev–Trinajstić information content (AvgIpc) is 2.94. The Morgan fingerprint density at radius 1 is 1.53 bits per heavy atom. The molecule has 2 aromatic rings. The summed E-state index contributed by atoms with van der Waals surface area (Å²) >= 11 is 0. The molecular formula is C11H12N4O2. The first kappa shape index (κ1) is 10.1. The first-order valence-corrected chi connectivity index (χ1v) is 5.48. The summed E-state index contributed by atoms with van der Waals surface area (Å²) in [6.07, 6.45) is 6.49. The molecule has 2 aromatic heterocycles. The van der Waals surface area contributed by atoms with Crippen molar-refractivity contribution in [3.63, 3.8) is 0 Å². The van der Waals surface area contributed by atoms with Crippen LogP contribution < -0.4 is 0 Å². The molecule has 0 aliphatic carbocycles. The summed E-state index contributed by atoms with van der Waals surface area (Å²) in [6.45, 7) is 2.35. The fraction of sp³-hybridized carbons (Fsp3) is 0.364. The molecule has 0 spiro atoms. The van der Waals surface area contributed by atoms with Crippen LogP contribution in [-0.4, -0.2) is 38.9 Å². The van der Waals surface area contributed by atoms with Crippen molar-refractivity contribution >= 4 is 5.91 Å². The molecule has 6 heteroatoms. The van der Waals surface area contributed by atoms with E-state index in [1.165, 1.54) is 12.5 Å². The smallest absolute Gasteiger partial charge is 0.257 e. The minimum Gasteiger partial charge on any atom is -0.472 e. The van der Waals surface area contributed by atoms with Crippen LogP contribution in [0.15, 0.2) is 35.4 Å². The molecular weight excluding hydrogens is 220 g/mol. The Morgan fingerprint density at radius 2 is 2.41 bits per heavy atom. The fourth-order valence-corrected chi connectivity index (χ4v) is 2.01. The lowest BCUT2D eigenvalue weighted by Gasteiger charge is -2.38. The van der Waals surface area contributed by atoms with Gasteiger partial charge in [0, 0.05) is 31.7 Å². The maximum absolute atomic E-state index is 11.9. The van der Waals surface area contributed by atoms with Gasteiger partial charge >= 0.3 is 0 Å². The minimum atomic E-state index is 0.0357. The van der Waals surface area contributed by atoms with Gasteiger partial charge in [-0.2, -0.15) is 0 Å². The second-order valence-electron chi connectivity index (χ2n) is 4.21. The van der Waals surface area contributed by atoms with Gasteiger partial charge in [-0.1, -0.05) is 5.21 Å². The summed E-state index contributed by atoms with van der Waals surface area (Å²) in [5.74, 6) is 0.501. The van der Waals surface area contributed by atoms with Crippen molar-refractivity contribution in [2.75, 3.05) is 13.1 Å². The van der Waals surface area contributed by atoms with E-state index in [-0.39, 0.29) is 5.91 Å². The van der Waals surface area contributed by atoms with Crippen LogP contribution in [0.2, 0.25) is 0 Å². The van der Waals surface area contributed by atoms with Gasteiger partial charge in [-0.05, 0) is 6.07 Å². The van der Waals surface area contributed by atoms with E-state index in [9.17, 15) is 4.79 Å². The quantitative estimate of drug-likeness (QED) is 0.779. The van der Waals surface area contributed by atoms with Gasteiger partial charge in [-0.25, -0.2) is 0 Å². The van der Waals surface area contributed by atoms with Crippen molar-refractivity contribution in [2.24, 2.45) is 5.92 Å². The molecule has 17 heavy (non-hydrogen) atoms. The second-order valence-corrected chi connectivity index (χ2v) is 4.21. The Labute approximate surface area is 97.8 Å². The monoisotopic (exact) mass is 232 g/mol. The molecule has 0 bridgehead atoms. The molecule has 0 atom stereocenters. The van der Waals surface area contributed by atoms with Crippen LogP contribution in [-0.2, 0) is 6.54 Å². The standard InChI is InChI=1S/C11H12N4O2/c16-11(10-1-4-17-8-10)14-5-9(6-14)7-15-3-2-12-13-15/h1-4,8-9H,5-7H2. The molecule has 1 aliphatic heterocycles. The van der Waals surface area contributed by atoms with Crippen molar-refractivity contribution in [3.05, 3.63) is 36.5 Å².